The lowest BCUT2D eigenvalue weighted by Gasteiger charge is -2.32. The third kappa shape index (κ3) is 2.72. The molecule has 0 unspecified atom stereocenters. The van der Waals surface area contributed by atoms with Crippen molar-refractivity contribution >= 4 is 17.2 Å². The summed E-state index contributed by atoms with van der Waals surface area (Å²) in [5.74, 6) is 0.384. The van der Waals surface area contributed by atoms with Gasteiger partial charge in [0.15, 0.2) is 0 Å². The summed E-state index contributed by atoms with van der Waals surface area (Å²) in [6, 6.07) is 4.17. The second-order valence-electron chi connectivity index (χ2n) is 5.22. The monoisotopic (exact) mass is 287 g/mol. The van der Waals surface area contributed by atoms with Gasteiger partial charge < -0.3 is 4.90 Å². The molecule has 0 saturated carbocycles. The third-order valence-electron chi connectivity index (χ3n) is 3.71. The molecule has 3 heterocycles. The molecule has 5 heteroatoms. The van der Waals surface area contributed by atoms with E-state index < -0.39 is 0 Å². The van der Waals surface area contributed by atoms with E-state index in [9.17, 15) is 4.79 Å². The van der Waals surface area contributed by atoms with Crippen LogP contribution in [0.1, 0.15) is 40.5 Å². The molecule has 0 bridgehead atoms. The highest BCUT2D eigenvalue weighted by atomic mass is 32.1. The lowest BCUT2D eigenvalue weighted by molar-refractivity contribution is 0.0700. The van der Waals surface area contributed by atoms with Gasteiger partial charge in [-0.1, -0.05) is 6.07 Å². The Morgan fingerprint density at radius 1 is 1.40 bits per heavy atom. The van der Waals surface area contributed by atoms with Gasteiger partial charge in [-0.2, -0.15) is 0 Å². The van der Waals surface area contributed by atoms with E-state index in [0.717, 1.165) is 31.6 Å². The zero-order chi connectivity index (χ0) is 13.9. The Bertz CT molecular complexity index is 580. The first kappa shape index (κ1) is 13.2. The molecule has 20 heavy (non-hydrogen) atoms. The van der Waals surface area contributed by atoms with Crippen LogP contribution >= 0.6 is 11.3 Å². The molecule has 3 rings (SSSR count). The Kier molecular flexibility index (Phi) is 3.78. The number of amides is 1. The number of hydrogen-bond donors (Lipinski definition) is 0. The van der Waals surface area contributed by atoms with E-state index in [-0.39, 0.29) is 5.91 Å². The van der Waals surface area contributed by atoms with Crippen LogP contribution in [-0.2, 0) is 0 Å². The molecule has 0 spiro atoms. The summed E-state index contributed by atoms with van der Waals surface area (Å²) in [6.07, 6.45) is 4.02. The molecular formula is C15H17N3OS. The Hall–Kier alpha value is -1.75. The zero-order valence-corrected chi connectivity index (χ0v) is 12.3. The van der Waals surface area contributed by atoms with E-state index in [0.29, 0.717) is 11.6 Å². The van der Waals surface area contributed by atoms with Gasteiger partial charge in [0, 0.05) is 36.3 Å². The van der Waals surface area contributed by atoms with Crippen LogP contribution in [0, 0.1) is 6.92 Å². The molecule has 1 aliphatic rings. The number of carbonyl (C=O) groups excluding carboxylic acids is 1. The molecule has 1 atom stereocenters. The maximum Gasteiger partial charge on any atom is 0.273 e. The lowest BCUT2D eigenvalue weighted by Crippen LogP contribution is -2.39. The number of aryl methyl sites for hydroxylation is 1. The van der Waals surface area contributed by atoms with Gasteiger partial charge in [0.05, 0.1) is 5.51 Å². The van der Waals surface area contributed by atoms with E-state index >= 15 is 0 Å². The fourth-order valence-electron chi connectivity index (χ4n) is 2.60. The molecule has 2 aromatic heterocycles. The topological polar surface area (TPSA) is 46.1 Å². The minimum absolute atomic E-state index is 0.0445. The molecule has 0 radical (unpaired) electrons. The summed E-state index contributed by atoms with van der Waals surface area (Å²) >= 11 is 1.46. The second-order valence-corrected chi connectivity index (χ2v) is 5.94. The highest BCUT2D eigenvalue weighted by Gasteiger charge is 2.26. The fraction of sp³-hybridized carbons (Fsp3) is 0.400. The number of pyridine rings is 1. The van der Waals surface area contributed by atoms with E-state index in [1.807, 2.05) is 23.4 Å². The fourth-order valence-corrected chi connectivity index (χ4v) is 3.13. The van der Waals surface area contributed by atoms with Crippen LogP contribution in [0.5, 0.6) is 0 Å². The number of aromatic nitrogens is 2. The van der Waals surface area contributed by atoms with Crippen LogP contribution in [0.4, 0.5) is 0 Å². The van der Waals surface area contributed by atoms with Crippen molar-refractivity contribution in [2.75, 3.05) is 13.1 Å². The minimum Gasteiger partial charge on any atom is -0.337 e. The molecule has 2 aromatic rings. The smallest absolute Gasteiger partial charge is 0.273 e. The van der Waals surface area contributed by atoms with Crippen LogP contribution in [-0.4, -0.2) is 33.9 Å². The Morgan fingerprint density at radius 2 is 2.30 bits per heavy atom. The van der Waals surface area contributed by atoms with Gasteiger partial charge in [-0.15, -0.1) is 11.3 Å². The molecule has 0 N–H and O–H groups in total. The molecule has 1 fully saturated rings. The Morgan fingerprint density at radius 3 is 3.00 bits per heavy atom. The SMILES string of the molecule is Cc1ccc([C@@H]2CCCN(C(=O)c3cscn3)C2)nc1. The summed E-state index contributed by atoms with van der Waals surface area (Å²) < 4.78 is 0. The summed E-state index contributed by atoms with van der Waals surface area (Å²) in [5, 5.41) is 1.82. The lowest BCUT2D eigenvalue weighted by atomic mass is 9.94. The van der Waals surface area contributed by atoms with Crippen LogP contribution < -0.4 is 0 Å². The maximum atomic E-state index is 12.3. The van der Waals surface area contributed by atoms with Gasteiger partial charge >= 0.3 is 0 Å². The first-order valence-electron chi connectivity index (χ1n) is 6.84. The van der Waals surface area contributed by atoms with Crippen molar-refractivity contribution in [1.82, 2.24) is 14.9 Å². The molecular weight excluding hydrogens is 270 g/mol. The van der Waals surface area contributed by atoms with Crippen LogP contribution in [0.3, 0.4) is 0 Å². The number of hydrogen-bond acceptors (Lipinski definition) is 4. The predicted molar refractivity (Wildman–Crippen MR) is 79.0 cm³/mol. The average molecular weight is 287 g/mol. The van der Waals surface area contributed by atoms with Crippen molar-refractivity contribution in [3.63, 3.8) is 0 Å². The molecule has 0 aliphatic carbocycles. The predicted octanol–water partition coefficient (Wildman–Crippen LogP) is 2.87. The standard InChI is InChI=1S/C15H17N3OS/c1-11-4-5-13(16-7-11)12-3-2-6-18(8-12)15(19)14-9-20-10-17-14/h4-5,7,9-10,12H,2-3,6,8H2,1H3/t12-/m1/s1. The van der Waals surface area contributed by atoms with Gasteiger partial charge in [-0.05, 0) is 31.4 Å². The highest BCUT2D eigenvalue weighted by Crippen LogP contribution is 2.26. The first-order chi connectivity index (χ1) is 9.74. The van der Waals surface area contributed by atoms with Gasteiger partial charge in [0.25, 0.3) is 5.91 Å². The highest BCUT2D eigenvalue weighted by molar-refractivity contribution is 7.07. The number of nitrogens with zero attached hydrogens (tertiary/aromatic N) is 3. The summed E-state index contributed by atoms with van der Waals surface area (Å²) in [6.45, 7) is 3.60. The van der Waals surface area contributed by atoms with E-state index in [4.69, 9.17) is 0 Å². The quantitative estimate of drug-likeness (QED) is 0.853. The summed E-state index contributed by atoms with van der Waals surface area (Å²) in [4.78, 5) is 22.9. The molecule has 1 amide bonds. The number of thiazole rings is 1. The van der Waals surface area contributed by atoms with Crippen molar-refractivity contribution in [3.8, 4) is 0 Å². The minimum atomic E-state index is 0.0445. The number of rotatable bonds is 2. The third-order valence-corrected chi connectivity index (χ3v) is 4.30. The molecule has 104 valence electrons. The van der Waals surface area contributed by atoms with E-state index in [1.165, 1.54) is 16.9 Å². The average Bonchev–Trinajstić information content (AvgIpc) is 3.01. The van der Waals surface area contributed by atoms with Crippen LogP contribution in [0.15, 0.2) is 29.2 Å². The number of piperidine rings is 1. The van der Waals surface area contributed by atoms with E-state index in [2.05, 4.69) is 22.1 Å². The largest absolute Gasteiger partial charge is 0.337 e. The van der Waals surface area contributed by atoms with Crippen LogP contribution in [0.2, 0.25) is 0 Å². The summed E-state index contributed by atoms with van der Waals surface area (Å²) in [7, 11) is 0. The Balaban J connectivity index is 1.73. The van der Waals surface area contributed by atoms with Gasteiger partial charge in [-0.3, -0.25) is 9.78 Å². The van der Waals surface area contributed by atoms with Gasteiger partial charge in [0.2, 0.25) is 0 Å². The Labute approximate surface area is 122 Å². The van der Waals surface area contributed by atoms with Gasteiger partial charge in [-0.25, -0.2) is 4.98 Å². The molecule has 1 aliphatic heterocycles. The molecule has 4 nitrogen and oxygen atoms in total. The van der Waals surface area contributed by atoms with E-state index in [1.54, 1.807) is 5.51 Å². The van der Waals surface area contributed by atoms with Gasteiger partial charge in [0.1, 0.15) is 5.69 Å². The van der Waals surface area contributed by atoms with Crippen molar-refractivity contribution in [1.29, 1.82) is 0 Å². The number of likely N-dealkylation sites (tertiary alicyclic amines) is 1. The second kappa shape index (κ2) is 5.71. The number of carbonyl (C=O) groups is 1. The molecule has 1 saturated heterocycles. The first-order valence-corrected chi connectivity index (χ1v) is 7.78. The van der Waals surface area contributed by atoms with Crippen molar-refractivity contribution in [2.24, 2.45) is 0 Å². The van der Waals surface area contributed by atoms with Crippen molar-refractivity contribution in [3.05, 3.63) is 46.2 Å². The zero-order valence-electron chi connectivity index (χ0n) is 11.5. The van der Waals surface area contributed by atoms with Crippen LogP contribution in [0.25, 0.3) is 0 Å². The molecule has 0 aromatic carbocycles. The maximum absolute atomic E-state index is 12.3. The summed E-state index contributed by atoms with van der Waals surface area (Å²) in [5.41, 5.74) is 4.52. The van der Waals surface area contributed by atoms with Crippen molar-refractivity contribution in [2.45, 2.75) is 25.7 Å². The van der Waals surface area contributed by atoms with Crippen molar-refractivity contribution < 1.29 is 4.79 Å². The normalized spacial score (nSPS) is 19.1.